The molecule has 7 nitrogen and oxygen atoms in total. The zero-order valence-corrected chi connectivity index (χ0v) is 12.7. The predicted molar refractivity (Wildman–Crippen MR) is 80.6 cm³/mol. The first-order chi connectivity index (χ1) is 11.0. The van der Waals surface area contributed by atoms with Crippen molar-refractivity contribution in [1.29, 1.82) is 0 Å². The number of carbonyl (C=O) groups is 3. The number of aromatic nitrogens is 1. The summed E-state index contributed by atoms with van der Waals surface area (Å²) >= 11 is 0. The van der Waals surface area contributed by atoms with Crippen LogP contribution in [0.5, 0.6) is 0 Å². The number of rotatable bonds is 2. The number of nitrogens with one attached hydrogen (secondary N) is 1. The number of aromatic carboxylic acids is 1. The number of nitrogens with zero attached hydrogens (tertiary/aromatic N) is 2. The number of carboxylic acid groups (broad SMARTS) is 1. The summed E-state index contributed by atoms with van der Waals surface area (Å²) in [6, 6.07) is 2.74. The van der Waals surface area contributed by atoms with E-state index in [0.29, 0.717) is 6.42 Å². The van der Waals surface area contributed by atoms with Crippen molar-refractivity contribution in [2.75, 3.05) is 0 Å². The molecule has 1 aliphatic heterocycles. The maximum Gasteiger partial charge on any atom is 0.337 e. The van der Waals surface area contributed by atoms with Crippen LogP contribution in [0.15, 0.2) is 18.3 Å². The highest BCUT2D eigenvalue weighted by Crippen LogP contribution is 2.38. The molecular formula is C16H19N3O4. The van der Waals surface area contributed by atoms with Crippen molar-refractivity contribution in [3.8, 4) is 0 Å². The van der Waals surface area contributed by atoms with E-state index in [9.17, 15) is 14.4 Å². The summed E-state index contributed by atoms with van der Waals surface area (Å²) in [6.07, 6.45) is 7.29. The SMILES string of the molecule is O=C1CC2(CCCCCC2)N(C(=O)c2ccc(C(=O)O)cn2)N1. The largest absolute Gasteiger partial charge is 0.478 e. The van der Waals surface area contributed by atoms with E-state index in [1.54, 1.807) is 0 Å². The van der Waals surface area contributed by atoms with Crippen LogP contribution < -0.4 is 5.43 Å². The fraction of sp³-hybridized carbons (Fsp3) is 0.500. The van der Waals surface area contributed by atoms with Gasteiger partial charge in [0.15, 0.2) is 0 Å². The Labute approximate surface area is 133 Å². The van der Waals surface area contributed by atoms with Crippen LogP contribution >= 0.6 is 0 Å². The van der Waals surface area contributed by atoms with Gasteiger partial charge in [-0.05, 0) is 25.0 Å². The fourth-order valence-electron chi connectivity index (χ4n) is 3.48. The van der Waals surface area contributed by atoms with Crippen LogP contribution in [0.1, 0.15) is 65.8 Å². The molecular weight excluding hydrogens is 298 g/mol. The van der Waals surface area contributed by atoms with Crippen molar-refractivity contribution < 1.29 is 19.5 Å². The van der Waals surface area contributed by atoms with Crippen LogP contribution in [-0.2, 0) is 4.79 Å². The lowest BCUT2D eigenvalue weighted by atomic mass is 9.87. The van der Waals surface area contributed by atoms with Gasteiger partial charge < -0.3 is 5.11 Å². The van der Waals surface area contributed by atoms with Gasteiger partial charge in [-0.25, -0.2) is 9.80 Å². The van der Waals surface area contributed by atoms with Gasteiger partial charge in [-0.3, -0.25) is 20.0 Å². The molecule has 23 heavy (non-hydrogen) atoms. The summed E-state index contributed by atoms with van der Waals surface area (Å²) in [5.41, 5.74) is 2.36. The van der Waals surface area contributed by atoms with Crippen LogP contribution in [0, 0.1) is 0 Å². The molecule has 0 aromatic carbocycles. The minimum Gasteiger partial charge on any atom is -0.478 e. The minimum atomic E-state index is -1.09. The molecule has 1 spiro atoms. The van der Waals surface area contributed by atoms with Gasteiger partial charge in [0.1, 0.15) is 5.69 Å². The first kappa shape index (κ1) is 15.5. The van der Waals surface area contributed by atoms with Gasteiger partial charge in [-0.1, -0.05) is 25.7 Å². The molecule has 122 valence electrons. The van der Waals surface area contributed by atoms with Crippen LogP contribution in [0.2, 0.25) is 0 Å². The molecule has 1 aromatic rings. The standard InChI is InChI=1S/C16H19N3O4/c20-13-9-16(7-3-1-2-4-8-16)19(18-13)14(21)12-6-5-11(10-17-12)15(22)23/h5-6,10H,1-4,7-9H2,(H,18,20)(H,22,23). The maximum absolute atomic E-state index is 12.8. The third kappa shape index (κ3) is 2.91. The van der Waals surface area contributed by atoms with Crippen molar-refractivity contribution in [3.63, 3.8) is 0 Å². The van der Waals surface area contributed by atoms with Gasteiger partial charge in [0.2, 0.25) is 5.91 Å². The molecule has 0 atom stereocenters. The summed E-state index contributed by atoms with van der Waals surface area (Å²) in [5.74, 6) is -1.62. The smallest absolute Gasteiger partial charge is 0.337 e. The Balaban J connectivity index is 1.87. The number of hydrogen-bond donors (Lipinski definition) is 2. The lowest BCUT2D eigenvalue weighted by Crippen LogP contribution is -2.51. The molecule has 0 unspecified atom stereocenters. The Bertz CT molecular complexity index is 633. The third-order valence-electron chi connectivity index (χ3n) is 4.67. The Kier molecular flexibility index (Phi) is 4.02. The second-order valence-corrected chi connectivity index (χ2v) is 6.23. The molecule has 0 radical (unpaired) electrons. The zero-order valence-electron chi connectivity index (χ0n) is 12.7. The van der Waals surface area contributed by atoms with Crippen LogP contribution in [0.25, 0.3) is 0 Å². The molecule has 1 saturated carbocycles. The molecule has 3 rings (SSSR count). The summed E-state index contributed by atoms with van der Waals surface area (Å²) < 4.78 is 0. The van der Waals surface area contributed by atoms with Crippen molar-refractivity contribution in [2.24, 2.45) is 0 Å². The van der Waals surface area contributed by atoms with Gasteiger partial charge in [0, 0.05) is 6.20 Å². The average Bonchev–Trinajstić information content (AvgIpc) is 2.71. The molecule has 7 heteroatoms. The van der Waals surface area contributed by atoms with E-state index in [1.807, 2.05) is 0 Å². The monoisotopic (exact) mass is 317 g/mol. The van der Waals surface area contributed by atoms with E-state index >= 15 is 0 Å². The topological polar surface area (TPSA) is 99.6 Å². The average molecular weight is 317 g/mol. The van der Waals surface area contributed by atoms with Crippen molar-refractivity contribution in [1.82, 2.24) is 15.4 Å². The molecule has 1 aliphatic carbocycles. The summed E-state index contributed by atoms with van der Waals surface area (Å²) in [4.78, 5) is 39.5. The summed E-state index contributed by atoms with van der Waals surface area (Å²) in [6.45, 7) is 0. The van der Waals surface area contributed by atoms with E-state index < -0.39 is 11.5 Å². The number of carbonyl (C=O) groups excluding carboxylic acids is 2. The van der Waals surface area contributed by atoms with Crippen LogP contribution in [0.3, 0.4) is 0 Å². The Morgan fingerprint density at radius 3 is 2.43 bits per heavy atom. The van der Waals surface area contributed by atoms with Crippen LogP contribution in [-0.4, -0.2) is 38.4 Å². The molecule has 2 fully saturated rings. The predicted octanol–water partition coefficient (Wildman–Crippen LogP) is 1.75. The Morgan fingerprint density at radius 1 is 1.17 bits per heavy atom. The third-order valence-corrected chi connectivity index (χ3v) is 4.67. The molecule has 0 bridgehead atoms. The second kappa shape index (κ2) is 5.98. The first-order valence-corrected chi connectivity index (χ1v) is 7.85. The van der Waals surface area contributed by atoms with E-state index in [0.717, 1.165) is 44.7 Å². The van der Waals surface area contributed by atoms with Gasteiger partial charge in [-0.15, -0.1) is 0 Å². The van der Waals surface area contributed by atoms with Gasteiger partial charge >= 0.3 is 5.97 Å². The normalized spacial score (nSPS) is 20.2. The Hall–Kier alpha value is -2.44. The molecule has 2 heterocycles. The molecule has 1 saturated heterocycles. The number of hydrogen-bond acceptors (Lipinski definition) is 4. The van der Waals surface area contributed by atoms with Crippen molar-refractivity contribution in [3.05, 3.63) is 29.6 Å². The van der Waals surface area contributed by atoms with E-state index in [-0.39, 0.29) is 23.1 Å². The quantitative estimate of drug-likeness (QED) is 0.865. The Morgan fingerprint density at radius 2 is 1.87 bits per heavy atom. The molecule has 2 amide bonds. The van der Waals surface area contributed by atoms with Gasteiger partial charge in [0.05, 0.1) is 17.5 Å². The van der Waals surface area contributed by atoms with E-state index in [1.165, 1.54) is 17.1 Å². The van der Waals surface area contributed by atoms with Crippen molar-refractivity contribution >= 4 is 17.8 Å². The lowest BCUT2D eigenvalue weighted by Gasteiger charge is -2.35. The summed E-state index contributed by atoms with van der Waals surface area (Å²) in [5, 5.41) is 10.3. The van der Waals surface area contributed by atoms with Crippen LogP contribution in [0.4, 0.5) is 0 Å². The molecule has 1 aromatic heterocycles. The van der Waals surface area contributed by atoms with E-state index in [4.69, 9.17) is 5.11 Å². The number of carboxylic acids is 1. The molecule has 2 aliphatic rings. The maximum atomic E-state index is 12.8. The number of amides is 2. The first-order valence-electron chi connectivity index (χ1n) is 7.85. The highest BCUT2D eigenvalue weighted by atomic mass is 16.4. The minimum absolute atomic E-state index is 0.0242. The van der Waals surface area contributed by atoms with Gasteiger partial charge in [-0.2, -0.15) is 0 Å². The zero-order chi connectivity index (χ0) is 16.4. The van der Waals surface area contributed by atoms with Gasteiger partial charge in [0.25, 0.3) is 5.91 Å². The lowest BCUT2D eigenvalue weighted by molar-refractivity contribution is -0.120. The van der Waals surface area contributed by atoms with E-state index in [2.05, 4.69) is 10.4 Å². The number of pyridine rings is 1. The fourth-order valence-corrected chi connectivity index (χ4v) is 3.48. The number of hydrazine groups is 1. The second-order valence-electron chi connectivity index (χ2n) is 6.23. The summed E-state index contributed by atoms with van der Waals surface area (Å²) in [7, 11) is 0. The highest BCUT2D eigenvalue weighted by molar-refractivity contribution is 5.97. The van der Waals surface area contributed by atoms with Crippen molar-refractivity contribution in [2.45, 2.75) is 50.5 Å². The molecule has 2 N–H and O–H groups in total. The highest BCUT2D eigenvalue weighted by Gasteiger charge is 2.48.